The van der Waals surface area contributed by atoms with Gasteiger partial charge in [0.2, 0.25) is 5.91 Å². The standard InChI is InChI=1S/C19H29N5O/c20-18-13-4-1-5-14(18)11-15(10-13)19(25)21-12-16-6-3-9-24(16)17-7-2-8-22-23-17/h2,7-8,13-16,18H,1,3-6,9-12,20H2,(H,21,25). The van der Waals surface area contributed by atoms with E-state index in [9.17, 15) is 4.79 Å². The Kier molecular flexibility index (Phi) is 4.88. The highest BCUT2D eigenvalue weighted by molar-refractivity contribution is 5.79. The topological polar surface area (TPSA) is 84.1 Å². The van der Waals surface area contributed by atoms with Crippen LogP contribution in [0.25, 0.3) is 0 Å². The van der Waals surface area contributed by atoms with E-state index in [-0.39, 0.29) is 11.8 Å². The van der Waals surface area contributed by atoms with Crippen LogP contribution in [0.4, 0.5) is 5.82 Å². The zero-order chi connectivity index (χ0) is 17.2. The second-order valence-electron chi connectivity index (χ2n) is 8.01. The summed E-state index contributed by atoms with van der Waals surface area (Å²) in [6.07, 6.45) is 9.56. The average Bonchev–Trinajstić information content (AvgIpc) is 3.09. The molecule has 1 aliphatic heterocycles. The van der Waals surface area contributed by atoms with E-state index < -0.39 is 0 Å². The molecule has 1 saturated heterocycles. The van der Waals surface area contributed by atoms with Gasteiger partial charge in [-0.3, -0.25) is 4.79 Å². The molecular formula is C19H29N5O. The Hall–Kier alpha value is -1.69. The summed E-state index contributed by atoms with van der Waals surface area (Å²) in [6, 6.07) is 4.56. The highest BCUT2D eigenvalue weighted by Gasteiger charge is 2.40. The maximum Gasteiger partial charge on any atom is 0.223 e. The fourth-order valence-electron chi connectivity index (χ4n) is 5.16. The monoisotopic (exact) mass is 343 g/mol. The minimum absolute atomic E-state index is 0.154. The normalized spacial score (nSPS) is 34.8. The molecule has 6 heteroatoms. The highest BCUT2D eigenvalue weighted by Crippen LogP contribution is 2.41. The SMILES string of the molecule is NC1C2CCCC1CC(C(=O)NCC1CCCN1c1cccnn1)C2. The number of hydrogen-bond acceptors (Lipinski definition) is 5. The molecule has 3 fully saturated rings. The van der Waals surface area contributed by atoms with Crippen molar-refractivity contribution in [3.8, 4) is 0 Å². The molecule has 2 bridgehead atoms. The van der Waals surface area contributed by atoms with Crippen molar-refractivity contribution in [1.29, 1.82) is 0 Å². The van der Waals surface area contributed by atoms with Crippen LogP contribution >= 0.6 is 0 Å². The van der Waals surface area contributed by atoms with Crippen molar-refractivity contribution in [2.45, 2.75) is 57.0 Å². The van der Waals surface area contributed by atoms with Gasteiger partial charge < -0.3 is 16.0 Å². The van der Waals surface area contributed by atoms with Gasteiger partial charge in [0.1, 0.15) is 0 Å². The van der Waals surface area contributed by atoms with Gasteiger partial charge >= 0.3 is 0 Å². The number of nitrogens with one attached hydrogen (secondary N) is 1. The van der Waals surface area contributed by atoms with Gasteiger partial charge in [0.15, 0.2) is 5.82 Å². The first kappa shape index (κ1) is 16.8. The van der Waals surface area contributed by atoms with Gasteiger partial charge in [-0.05, 0) is 62.5 Å². The Balaban J connectivity index is 1.33. The zero-order valence-electron chi connectivity index (χ0n) is 14.8. The molecule has 0 aromatic carbocycles. The van der Waals surface area contributed by atoms with Crippen LogP contribution in [0.2, 0.25) is 0 Å². The number of hydrogen-bond donors (Lipinski definition) is 2. The first-order valence-corrected chi connectivity index (χ1v) is 9.80. The molecule has 3 N–H and O–H groups in total. The van der Waals surface area contributed by atoms with E-state index in [2.05, 4.69) is 20.4 Å². The lowest BCUT2D eigenvalue weighted by Gasteiger charge is -2.43. The molecule has 4 rings (SSSR count). The first-order chi connectivity index (χ1) is 12.2. The van der Waals surface area contributed by atoms with Gasteiger partial charge in [0.05, 0.1) is 0 Å². The van der Waals surface area contributed by atoms with Crippen molar-refractivity contribution >= 4 is 11.7 Å². The third-order valence-electron chi connectivity index (χ3n) is 6.53. The Bertz CT molecular complexity index is 581. The van der Waals surface area contributed by atoms with Crippen molar-refractivity contribution in [3.05, 3.63) is 18.3 Å². The van der Waals surface area contributed by atoms with Crippen LogP contribution in [0.15, 0.2) is 18.3 Å². The molecule has 136 valence electrons. The number of anilines is 1. The average molecular weight is 343 g/mol. The third-order valence-corrected chi connectivity index (χ3v) is 6.53. The van der Waals surface area contributed by atoms with Crippen molar-refractivity contribution in [1.82, 2.24) is 15.5 Å². The van der Waals surface area contributed by atoms with E-state index in [0.717, 1.165) is 38.0 Å². The van der Waals surface area contributed by atoms with Crippen LogP contribution in [0.1, 0.15) is 44.9 Å². The fraction of sp³-hybridized carbons (Fsp3) is 0.737. The van der Waals surface area contributed by atoms with Crippen molar-refractivity contribution in [2.24, 2.45) is 23.5 Å². The van der Waals surface area contributed by atoms with Gasteiger partial charge in [0.25, 0.3) is 0 Å². The number of amides is 1. The second kappa shape index (κ2) is 7.28. The van der Waals surface area contributed by atoms with E-state index in [1.807, 2.05) is 12.1 Å². The predicted molar refractivity (Wildman–Crippen MR) is 96.9 cm³/mol. The summed E-state index contributed by atoms with van der Waals surface area (Å²) in [5.41, 5.74) is 6.35. The Morgan fingerprint density at radius 1 is 1.24 bits per heavy atom. The maximum atomic E-state index is 12.7. The number of fused-ring (bicyclic) bond motifs is 2. The van der Waals surface area contributed by atoms with Crippen molar-refractivity contribution in [2.75, 3.05) is 18.0 Å². The molecule has 25 heavy (non-hydrogen) atoms. The van der Waals surface area contributed by atoms with Crippen molar-refractivity contribution < 1.29 is 4.79 Å². The summed E-state index contributed by atoms with van der Waals surface area (Å²) >= 11 is 0. The third kappa shape index (κ3) is 3.50. The molecule has 6 nitrogen and oxygen atoms in total. The molecule has 2 aliphatic carbocycles. The minimum atomic E-state index is 0.154. The lowest BCUT2D eigenvalue weighted by atomic mass is 9.65. The number of aromatic nitrogens is 2. The van der Waals surface area contributed by atoms with E-state index in [0.29, 0.717) is 30.5 Å². The molecule has 3 unspecified atom stereocenters. The molecule has 0 spiro atoms. The van der Waals surface area contributed by atoms with E-state index in [4.69, 9.17) is 5.73 Å². The molecular weight excluding hydrogens is 314 g/mol. The smallest absolute Gasteiger partial charge is 0.223 e. The lowest BCUT2D eigenvalue weighted by Crippen LogP contribution is -2.50. The maximum absolute atomic E-state index is 12.7. The fourth-order valence-corrected chi connectivity index (χ4v) is 5.16. The van der Waals surface area contributed by atoms with Gasteiger partial charge in [-0.2, -0.15) is 5.10 Å². The predicted octanol–water partition coefficient (Wildman–Crippen LogP) is 1.72. The number of carbonyl (C=O) groups excluding carboxylic acids is 1. The molecule has 2 heterocycles. The van der Waals surface area contributed by atoms with Crippen LogP contribution in [0, 0.1) is 17.8 Å². The summed E-state index contributed by atoms with van der Waals surface area (Å²) in [5.74, 6) is 2.39. The summed E-state index contributed by atoms with van der Waals surface area (Å²) < 4.78 is 0. The largest absolute Gasteiger partial charge is 0.354 e. The zero-order valence-corrected chi connectivity index (χ0v) is 14.8. The van der Waals surface area contributed by atoms with Crippen LogP contribution in [0.5, 0.6) is 0 Å². The van der Waals surface area contributed by atoms with Gasteiger partial charge in [-0.1, -0.05) is 6.42 Å². The number of rotatable bonds is 4. The summed E-state index contributed by atoms with van der Waals surface area (Å²) in [5, 5.41) is 11.4. The van der Waals surface area contributed by atoms with Gasteiger partial charge in [-0.25, -0.2) is 0 Å². The second-order valence-corrected chi connectivity index (χ2v) is 8.01. The number of nitrogens with two attached hydrogens (primary N) is 1. The molecule has 0 radical (unpaired) electrons. The van der Waals surface area contributed by atoms with E-state index in [1.54, 1.807) is 6.20 Å². The van der Waals surface area contributed by atoms with E-state index in [1.165, 1.54) is 19.3 Å². The highest BCUT2D eigenvalue weighted by atomic mass is 16.1. The van der Waals surface area contributed by atoms with Crippen molar-refractivity contribution in [3.63, 3.8) is 0 Å². The molecule has 2 saturated carbocycles. The molecule has 3 aliphatic rings. The molecule has 3 atom stereocenters. The summed E-state index contributed by atoms with van der Waals surface area (Å²) in [6.45, 7) is 1.69. The quantitative estimate of drug-likeness (QED) is 0.869. The molecule has 1 aromatic heterocycles. The number of carbonyl (C=O) groups is 1. The van der Waals surface area contributed by atoms with Crippen LogP contribution < -0.4 is 16.0 Å². The lowest BCUT2D eigenvalue weighted by molar-refractivity contribution is -0.127. The number of nitrogens with zero attached hydrogens (tertiary/aromatic N) is 3. The van der Waals surface area contributed by atoms with Crippen LogP contribution in [-0.2, 0) is 4.79 Å². The Morgan fingerprint density at radius 3 is 2.76 bits per heavy atom. The summed E-state index contributed by atoms with van der Waals surface area (Å²) in [7, 11) is 0. The molecule has 1 aromatic rings. The Morgan fingerprint density at radius 2 is 2.04 bits per heavy atom. The first-order valence-electron chi connectivity index (χ1n) is 9.80. The van der Waals surface area contributed by atoms with Crippen LogP contribution in [0.3, 0.4) is 0 Å². The minimum Gasteiger partial charge on any atom is -0.354 e. The van der Waals surface area contributed by atoms with Gasteiger partial charge in [0, 0.05) is 37.3 Å². The van der Waals surface area contributed by atoms with E-state index >= 15 is 0 Å². The summed E-state index contributed by atoms with van der Waals surface area (Å²) in [4.78, 5) is 15.0. The molecule has 1 amide bonds. The van der Waals surface area contributed by atoms with Gasteiger partial charge in [-0.15, -0.1) is 5.10 Å². The van der Waals surface area contributed by atoms with Crippen LogP contribution in [-0.4, -0.2) is 41.3 Å². The Labute approximate surface area is 149 Å².